The molecule has 1 spiro atoms. The lowest BCUT2D eigenvalue weighted by molar-refractivity contribution is -0.137. The van der Waals surface area contributed by atoms with Gasteiger partial charge in [-0.1, -0.05) is 18.2 Å². The van der Waals surface area contributed by atoms with Crippen LogP contribution in [0.25, 0.3) is 0 Å². The number of benzene rings is 1. The number of esters is 1. The Bertz CT molecular complexity index is 620. The van der Waals surface area contributed by atoms with Gasteiger partial charge in [-0.3, -0.25) is 4.79 Å². The van der Waals surface area contributed by atoms with E-state index in [1.165, 1.54) is 0 Å². The summed E-state index contributed by atoms with van der Waals surface area (Å²) in [5, 5.41) is 8.64. The maximum absolute atomic E-state index is 12.0. The number of carbonyl (C=O) groups is 2. The topological polar surface area (TPSA) is 70.4 Å². The van der Waals surface area contributed by atoms with Crippen molar-refractivity contribution in [3.05, 3.63) is 35.4 Å². The number of piperidine rings is 1. The van der Waals surface area contributed by atoms with Gasteiger partial charge in [0.05, 0.1) is 18.2 Å². The Labute approximate surface area is 116 Å². The summed E-state index contributed by atoms with van der Waals surface area (Å²) in [6.45, 7) is 0.957. The molecule has 2 heterocycles. The molecule has 2 aliphatic rings. The van der Waals surface area contributed by atoms with Crippen LogP contribution >= 0.6 is 0 Å². The first-order valence-electron chi connectivity index (χ1n) is 6.64. The van der Waals surface area contributed by atoms with Gasteiger partial charge in [0.1, 0.15) is 6.42 Å². The molecule has 0 radical (unpaired) electrons. The predicted molar refractivity (Wildman–Crippen MR) is 69.6 cm³/mol. The molecule has 5 nitrogen and oxygen atoms in total. The Morgan fingerprint density at radius 1 is 1.45 bits per heavy atom. The lowest BCUT2D eigenvalue weighted by atomic mass is 9.85. The molecule has 0 aromatic heterocycles. The van der Waals surface area contributed by atoms with E-state index >= 15 is 0 Å². The molecule has 3 rings (SSSR count). The minimum atomic E-state index is -0.725. The normalized spacial score (nSPS) is 24.1. The van der Waals surface area contributed by atoms with Crippen LogP contribution in [0.5, 0.6) is 0 Å². The first-order valence-corrected chi connectivity index (χ1v) is 6.64. The van der Waals surface area contributed by atoms with E-state index in [0.717, 1.165) is 12.0 Å². The van der Waals surface area contributed by atoms with Crippen LogP contribution in [0.4, 0.5) is 0 Å². The minimum absolute atomic E-state index is 0.133. The van der Waals surface area contributed by atoms with Crippen LogP contribution in [0.2, 0.25) is 0 Å². The number of hydrogen-bond acceptors (Lipinski definition) is 4. The summed E-state index contributed by atoms with van der Waals surface area (Å²) in [4.78, 5) is 25.5. The van der Waals surface area contributed by atoms with Gasteiger partial charge in [0, 0.05) is 12.1 Å². The smallest absolute Gasteiger partial charge is 0.339 e. The summed E-state index contributed by atoms with van der Waals surface area (Å²) in [6.07, 6.45) is 1.34. The minimum Gasteiger partial charge on any atom is -0.449 e. The SMILES string of the molecule is N#CCC(=O)N1CCCC2(C1)OC(=O)c1ccccc12. The molecule has 1 atom stereocenters. The van der Waals surface area contributed by atoms with Crippen LogP contribution in [-0.4, -0.2) is 29.9 Å². The van der Waals surface area contributed by atoms with E-state index in [4.69, 9.17) is 10.00 Å². The molecule has 0 N–H and O–H groups in total. The van der Waals surface area contributed by atoms with Crippen LogP contribution in [0.3, 0.4) is 0 Å². The Morgan fingerprint density at radius 3 is 3.05 bits per heavy atom. The molecular formula is C15H14N2O3. The highest BCUT2D eigenvalue weighted by Gasteiger charge is 2.48. The standard InChI is InChI=1S/C15H14N2O3/c16-8-6-13(18)17-9-3-7-15(10-17)12-5-2-1-4-11(12)14(19)20-15/h1-2,4-5H,3,6-7,9-10H2. The van der Waals surface area contributed by atoms with Gasteiger partial charge in [0.15, 0.2) is 5.60 Å². The lowest BCUT2D eigenvalue weighted by Crippen LogP contribution is -2.48. The van der Waals surface area contributed by atoms with Crippen molar-refractivity contribution in [3.8, 4) is 6.07 Å². The first kappa shape index (κ1) is 12.7. The number of likely N-dealkylation sites (tertiary alicyclic amines) is 1. The number of nitrogens with zero attached hydrogens (tertiary/aromatic N) is 2. The van der Waals surface area contributed by atoms with Crippen LogP contribution in [-0.2, 0) is 15.1 Å². The van der Waals surface area contributed by atoms with E-state index in [2.05, 4.69) is 0 Å². The summed E-state index contributed by atoms with van der Waals surface area (Å²) in [6, 6.07) is 9.19. The van der Waals surface area contributed by atoms with Crippen LogP contribution in [0, 0.1) is 11.3 Å². The summed E-state index contributed by atoms with van der Waals surface area (Å²) >= 11 is 0. The Morgan fingerprint density at radius 2 is 2.25 bits per heavy atom. The number of nitriles is 1. The summed E-state index contributed by atoms with van der Waals surface area (Å²) in [5.41, 5.74) is 0.721. The fourth-order valence-corrected chi connectivity index (χ4v) is 3.06. The quantitative estimate of drug-likeness (QED) is 0.726. The maximum atomic E-state index is 12.0. The molecule has 1 aromatic carbocycles. The third-order valence-electron chi connectivity index (χ3n) is 3.96. The Hall–Kier alpha value is -2.35. The van der Waals surface area contributed by atoms with Gasteiger partial charge in [-0.2, -0.15) is 5.26 Å². The fraction of sp³-hybridized carbons (Fsp3) is 0.400. The zero-order valence-electron chi connectivity index (χ0n) is 11.0. The summed E-state index contributed by atoms with van der Waals surface area (Å²) < 4.78 is 5.60. The van der Waals surface area contributed by atoms with Crippen molar-refractivity contribution in [1.82, 2.24) is 4.90 Å². The molecule has 2 aliphatic heterocycles. The Kier molecular flexibility index (Phi) is 2.94. The molecule has 0 bridgehead atoms. The highest BCUT2D eigenvalue weighted by atomic mass is 16.6. The molecule has 1 saturated heterocycles. The van der Waals surface area contributed by atoms with Crippen LogP contribution in [0.1, 0.15) is 35.2 Å². The number of ether oxygens (including phenoxy) is 1. The number of carbonyl (C=O) groups excluding carboxylic acids is 2. The van der Waals surface area contributed by atoms with Gasteiger partial charge < -0.3 is 9.64 Å². The van der Waals surface area contributed by atoms with Gasteiger partial charge in [0.2, 0.25) is 5.91 Å². The highest BCUT2D eigenvalue weighted by Crippen LogP contribution is 2.42. The first-order chi connectivity index (χ1) is 9.66. The molecule has 1 unspecified atom stereocenters. The molecule has 5 heteroatoms. The molecule has 1 fully saturated rings. The van der Waals surface area contributed by atoms with E-state index in [-0.39, 0.29) is 18.3 Å². The zero-order chi connectivity index (χ0) is 14.2. The Balaban J connectivity index is 1.93. The summed E-state index contributed by atoms with van der Waals surface area (Å²) in [5.74, 6) is -0.526. The average Bonchev–Trinajstić information content (AvgIpc) is 2.73. The average molecular weight is 270 g/mol. The van der Waals surface area contributed by atoms with Crippen molar-refractivity contribution < 1.29 is 14.3 Å². The van der Waals surface area contributed by atoms with E-state index in [1.54, 1.807) is 17.0 Å². The maximum Gasteiger partial charge on any atom is 0.339 e. The second kappa shape index (κ2) is 4.64. The van der Waals surface area contributed by atoms with E-state index in [1.807, 2.05) is 18.2 Å². The van der Waals surface area contributed by atoms with Gasteiger partial charge in [-0.25, -0.2) is 4.79 Å². The number of amides is 1. The van der Waals surface area contributed by atoms with Crippen molar-refractivity contribution >= 4 is 11.9 Å². The second-order valence-corrected chi connectivity index (χ2v) is 5.18. The zero-order valence-corrected chi connectivity index (χ0v) is 11.0. The van der Waals surface area contributed by atoms with Gasteiger partial charge >= 0.3 is 5.97 Å². The van der Waals surface area contributed by atoms with Gasteiger partial charge in [-0.05, 0) is 18.9 Å². The second-order valence-electron chi connectivity index (χ2n) is 5.18. The number of fused-ring (bicyclic) bond motifs is 2. The molecule has 102 valence electrons. The molecule has 20 heavy (non-hydrogen) atoms. The molecule has 0 saturated carbocycles. The van der Waals surface area contributed by atoms with E-state index in [0.29, 0.717) is 25.1 Å². The number of hydrogen-bond donors (Lipinski definition) is 0. The fourth-order valence-electron chi connectivity index (χ4n) is 3.06. The van der Waals surface area contributed by atoms with Crippen molar-refractivity contribution in [3.63, 3.8) is 0 Å². The third kappa shape index (κ3) is 1.85. The van der Waals surface area contributed by atoms with E-state index in [9.17, 15) is 9.59 Å². The summed E-state index contributed by atoms with van der Waals surface area (Å²) in [7, 11) is 0. The van der Waals surface area contributed by atoms with Crippen LogP contribution in [0.15, 0.2) is 24.3 Å². The van der Waals surface area contributed by atoms with Gasteiger partial charge in [0.25, 0.3) is 0 Å². The molecule has 0 aliphatic carbocycles. The monoisotopic (exact) mass is 270 g/mol. The van der Waals surface area contributed by atoms with Crippen molar-refractivity contribution in [1.29, 1.82) is 5.26 Å². The molecule has 1 amide bonds. The number of rotatable bonds is 1. The van der Waals surface area contributed by atoms with Crippen molar-refractivity contribution in [2.75, 3.05) is 13.1 Å². The van der Waals surface area contributed by atoms with Crippen molar-refractivity contribution in [2.24, 2.45) is 0 Å². The van der Waals surface area contributed by atoms with E-state index < -0.39 is 5.60 Å². The molecular weight excluding hydrogens is 256 g/mol. The molecule has 1 aromatic rings. The lowest BCUT2D eigenvalue weighted by Gasteiger charge is -2.39. The highest BCUT2D eigenvalue weighted by molar-refractivity contribution is 5.95. The van der Waals surface area contributed by atoms with Crippen LogP contribution < -0.4 is 0 Å². The van der Waals surface area contributed by atoms with Gasteiger partial charge in [-0.15, -0.1) is 0 Å². The third-order valence-corrected chi connectivity index (χ3v) is 3.96. The van der Waals surface area contributed by atoms with Crippen molar-refractivity contribution in [2.45, 2.75) is 24.9 Å². The predicted octanol–water partition coefficient (Wildman–Crippen LogP) is 1.59. The largest absolute Gasteiger partial charge is 0.449 e.